The summed E-state index contributed by atoms with van der Waals surface area (Å²) in [5.41, 5.74) is -0.945. The molecule has 0 saturated heterocycles. The predicted octanol–water partition coefficient (Wildman–Crippen LogP) is 4.71. The molecule has 2 aromatic carbocycles. The largest absolute Gasteiger partial charge is 0.416 e. The van der Waals surface area contributed by atoms with Crippen LogP contribution < -0.4 is 4.72 Å². The monoisotopic (exact) mass is 462 g/mol. The normalized spacial score (nSPS) is 12.7. The quantitative estimate of drug-likeness (QED) is 0.700. The first kappa shape index (κ1) is 24.2. The fraction of sp³-hybridized carbons (Fsp3) is 0.350. The van der Waals surface area contributed by atoms with Crippen molar-refractivity contribution in [3.63, 3.8) is 0 Å². The van der Waals surface area contributed by atoms with Crippen molar-refractivity contribution in [1.29, 1.82) is 0 Å². The number of hydrogen-bond donors (Lipinski definition) is 1. The summed E-state index contributed by atoms with van der Waals surface area (Å²) in [6.45, 7) is 5.06. The van der Waals surface area contributed by atoms with Crippen LogP contribution in [0.1, 0.15) is 42.3 Å². The van der Waals surface area contributed by atoms with Crippen molar-refractivity contribution in [2.75, 3.05) is 7.05 Å². The Hall–Kier alpha value is -2.10. The first-order chi connectivity index (χ1) is 13.6. The van der Waals surface area contributed by atoms with E-state index >= 15 is 0 Å². The van der Waals surface area contributed by atoms with Gasteiger partial charge in [0.2, 0.25) is 10.0 Å². The first-order valence-corrected chi connectivity index (χ1v) is 10.7. The Kier molecular flexibility index (Phi) is 6.90. The second-order valence-electron chi connectivity index (χ2n) is 7.86. The Bertz CT molecular complexity index is 1030. The summed E-state index contributed by atoms with van der Waals surface area (Å²) >= 11 is 6.04. The van der Waals surface area contributed by atoms with Gasteiger partial charge in [0.25, 0.3) is 5.91 Å². The van der Waals surface area contributed by atoms with E-state index in [-0.39, 0.29) is 22.0 Å². The summed E-state index contributed by atoms with van der Waals surface area (Å²) < 4.78 is 65.7. The summed E-state index contributed by atoms with van der Waals surface area (Å²) in [6.07, 6.45) is -4.44. The van der Waals surface area contributed by atoms with Crippen molar-refractivity contribution in [2.45, 2.75) is 43.9 Å². The van der Waals surface area contributed by atoms with Gasteiger partial charge in [0.05, 0.1) is 10.6 Å². The fourth-order valence-corrected chi connectivity index (χ4v) is 4.61. The molecule has 0 saturated carbocycles. The molecule has 1 N–H and O–H groups in total. The van der Waals surface area contributed by atoms with Crippen LogP contribution >= 0.6 is 11.6 Å². The molecule has 0 aromatic heterocycles. The molecular weight excluding hydrogens is 441 g/mol. The third kappa shape index (κ3) is 6.20. The van der Waals surface area contributed by atoms with E-state index in [0.717, 1.165) is 12.1 Å². The van der Waals surface area contributed by atoms with Gasteiger partial charge < -0.3 is 4.90 Å². The number of carbonyl (C=O) groups excluding carboxylic acids is 1. The minimum atomic E-state index is -4.44. The summed E-state index contributed by atoms with van der Waals surface area (Å²) in [5, 5.41) is -0.0336. The molecule has 0 aliphatic heterocycles. The molecule has 2 rings (SSSR count). The number of nitrogens with zero attached hydrogens (tertiary/aromatic N) is 1. The lowest BCUT2D eigenvalue weighted by Gasteiger charge is -2.22. The van der Waals surface area contributed by atoms with Crippen LogP contribution in [0.3, 0.4) is 0 Å². The van der Waals surface area contributed by atoms with E-state index in [0.29, 0.717) is 5.56 Å². The number of rotatable bonds is 5. The van der Waals surface area contributed by atoms with Gasteiger partial charge in [-0.25, -0.2) is 13.1 Å². The first-order valence-electron chi connectivity index (χ1n) is 8.85. The number of sulfonamides is 1. The highest BCUT2D eigenvalue weighted by atomic mass is 35.5. The summed E-state index contributed by atoms with van der Waals surface area (Å²) in [4.78, 5) is 13.8. The van der Waals surface area contributed by atoms with Crippen LogP contribution in [0.2, 0.25) is 5.02 Å². The molecule has 0 heterocycles. The Morgan fingerprint density at radius 1 is 1.07 bits per heavy atom. The summed E-state index contributed by atoms with van der Waals surface area (Å²) in [6, 6.07) is 8.36. The molecule has 30 heavy (non-hydrogen) atoms. The van der Waals surface area contributed by atoms with Crippen LogP contribution in [0.5, 0.6) is 0 Å². The summed E-state index contributed by atoms with van der Waals surface area (Å²) in [5.74, 6) is -0.501. The molecule has 0 spiro atoms. The third-order valence-electron chi connectivity index (χ3n) is 3.96. The molecule has 0 unspecified atom stereocenters. The predicted molar refractivity (Wildman–Crippen MR) is 109 cm³/mol. The van der Waals surface area contributed by atoms with Crippen LogP contribution in [0.25, 0.3) is 0 Å². The van der Waals surface area contributed by atoms with E-state index in [1.165, 1.54) is 42.3 Å². The van der Waals surface area contributed by atoms with Crippen LogP contribution in [0, 0.1) is 0 Å². The van der Waals surface area contributed by atoms with Gasteiger partial charge >= 0.3 is 6.18 Å². The Morgan fingerprint density at radius 3 is 2.13 bits per heavy atom. The molecule has 164 valence electrons. The smallest absolute Gasteiger partial charge is 0.337 e. The maximum Gasteiger partial charge on any atom is 0.416 e. The van der Waals surface area contributed by atoms with Crippen molar-refractivity contribution in [3.8, 4) is 0 Å². The van der Waals surface area contributed by atoms with Crippen molar-refractivity contribution in [2.24, 2.45) is 0 Å². The number of hydrogen-bond acceptors (Lipinski definition) is 3. The van der Waals surface area contributed by atoms with Crippen molar-refractivity contribution in [3.05, 3.63) is 64.2 Å². The van der Waals surface area contributed by atoms with Crippen molar-refractivity contribution in [1.82, 2.24) is 9.62 Å². The van der Waals surface area contributed by atoms with E-state index in [1.54, 1.807) is 20.8 Å². The van der Waals surface area contributed by atoms with Gasteiger partial charge in [0, 0.05) is 24.7 Å². The number of carbonyl (C=O) groups is 1. The van der Waals surface area contributed by atoms with Crippen LogP contribution in [-0.4, -0.2) is 31.8 Å². The number of benzene rings is 2. The topological polar surface area (TPSA) is 66.5 Å². The molecule has 0 bridgehead atoms. The maximum absolute atomic E-state index is 12.7. The van der Waals surface area contributed by atoms with E-state index in [9.17, 15) is 26.4 Å². The van der Waals surface area contributed by atoms with Gasteiger partial charge in [0.1, 0.15) is 4.90 Å². The molecule has 0 aliphatic rings. The van der Waals surface area contributed by atoms with Gasteiger partial charge in [-0.15, -0.1) is 0 Å². The number of amides is 1. The zero-order chi connectivity index (χ0) is 22.9. The minimum Gasteiger partial charge on any atom is -0.337 e. The molecule has 10 heteroatoms. The second kappa shape index (κ2) is 8.56. The SMILES string of the molecule is CN(Cc1ccc(C(F)(F)F)cc1)C(=O)c1ccc(Cl)c(S(=O)(=O)NC(C)(C)C)c1. The lowest BCUT2D eigenvalue weighted by molar-refractivity contribution is -0.137. The van der Waals surface area contributed by atoms with E-state index in [4.69, 9.17) is 11.6 Å². The van der Waals surface area contributed by atoms with Gasteiger partial charge in [0.15, 0.2) is 0 Å². The zero-order valence-corrected chi connectivity index (χ0v) is 18.4. The van der Waals surface area contributed by atoms with Crippen LogP contribution in [-0.2, 0) is 22.7 Å². The molecular formula is C20H22ClF3N2O3S. The zero-order valence-electron chi connectivity index (χ0n) is 16.8. The van der Waals surface area contributed by atoms with Crippen LogP contribution in [0.15, 0.2) is 47.4 Å². The lowest BCUT2D eigenvalue weighted by atomic mass is 10.1. The second-order valence-corrected chi connectivity index (χ2v) is 9.91. The molecule has 0 radical (unpaired) electrons. The number of nitrogens with one attached hydrogen (secondary N) is 1. The van der Waals surface area contributed by atoms with Gasteiger partial charge in [-0.1, -0.05) is 23.7 Å². The highest BCUT2D eigenvalue weighted by Crippen LogP contribution is 2.29. The molecule has 0 aliphatic carbocycles. The average Bonchev–Trinajstić information content (AvgIpc) is 2.59. The Labute approximate surface area is 178 Å². The standard InChI is InChI=1S/C20H22ClF3N2O3S/c1-19(2,3)25-30(28,29)17-11-14(7-10-16(17)21)18(27)26(4)12-13-5-8-15(9-6-13)20(22,23)24/h5-11,25H,12H2,1-4H3. The Morgan fingerprint density at radius 2 is 1.63 bits per heavy atom. The van der Waals surface area contributed by atoms with E-state index < -0.39 is 33.2 Å². The van der Waals surface area contributed by atoms with E-state index in [2.05, 4.69) is 4.72 Å². The highest BCUT2D eigenvalue weighted by molar-refractivity contribution is 7.89. The molecule has 0 fully saturated rings. The minimum absolute atomic E-state index is 0.0336. The number of alkyl halides is 3. The summed E-state index contributed by atoms with van der Waals surface area (Å²) in [7, 11) is -2.50. The van der Waals surface area contributed by atoms with Crippen molar-refractivity contribution < 1.29 is 26.4 Å². The lowest BCUT2D eigenvalue weighted by Crippen LogP contribution is -2.40. The molecule has 5 nitrogen and oxygen atoms in total. The third-order valence-corrected chi connectivity index (χ3v) is 6.20. The maximum atomic E-state index is 12.7. The van der Waals surface area contributed by atoms with Gasteiger partial charge in [-0.05, 0) is 56.7 Å². The average molecular weight is 463 g/mol. The van der Waals surface area contributed by atoms with E-state index in [1.807, 2.05) is 0 Å². The van der Waals surface area contributed by atoms with Gasteiger partial charge in [-0.2, -0.15) is 13.2 Å². The fourth-order valence-electron chi connectivity index (χ4n) is 2.67. The molecule has 2 aromatic rings. The van der Waals surface area contributed by atoms with Crippen molar-refractivity contribution >= 4 is 27.5 Å². The van der Waals surface area contributed by atoms with Gasteiger partial charge in [-0.3, -0.25) is 4.79 Å². The molecule has 0 atom stereocenters. The molecule has 1 amide bonds. The highest BCUT2D eigenvalue weighted by Gasteiger charge is 2.30. The number of halogens is 4. The van der Waals surface area contributed by atoms with Crippen LogP contribution in [0.4, 0.5) is 13.2 Å². The Balaban J connectivity index is 2.24.